The zero-order valence-electron chi connectivity index (χ0n) is 7.90. The van der Waals surface area contributed by atoms with Gasteiger partial charge in [0, 0.05) is 5.92 Å². The van der Waals surface area contributed by atoms with Crippen molar-refractivity contribution in [3.63, 3.8) is 0 Å². The van der Waals surface area contributed by atoms with Gasteiger partial charge in [0.15, 0.2) is 0 Å². The van der Waals surface area contributed by atoms with Gasteiger partial charge in [-0.2, -0.15) is 0 Å². The van der Waals surface area contributed by atoms with Gasteiger partial charge >= 0.3 is 0 Å². The number of hydrogen-bond acceptors (Lipinski definition) is 2. The molecular weight excluding hydrogens is 152 g/mol. The molecule has 0 fully saturated rings. The second-order valence-electron chi connectivity index (χ2n) is 3.02. The van der Waals surface area contributed by atoms with Gasteiger partial charge in [0.05, 0.1) is 12.2 Å². The van der Waals surface area contributed by atoms with Gasteiger partial charge in [0.25, 0.3) is 0 Å². The average molecular weight is 171 g/mol. The van der Waals surface area contributed by atoms with Crippen LogP contribution in [0.2, 0.25) is 0 Å². The summed E-state index contributed by atoms with van der Waals surface area (Å²) in [6.45, 7) is 7.29. The zero-order chi connectivity index (χ0) is 9.56. The molecule has 2 N–H and O–H groups in total. The van der Waals surface area contributed by atoms with Crippen LogP contribution in [0.3, 0.4) is 0 Å². The summed E-state index contributed by atoms with van der Waals surface area (Å²) in [5.41, 5.74) is 0. The summed E-state index contributed by atoms with van der Waals surface area (Å²) in [5, 5.41) is 18.8. The molecule has 0 spiro atoms. The van der Waals surface area contributed by atoms with Crippen molar-refractivity contribution in [2.24, 2.45) is 5.92 Å². The van der Waals surface area contributed by atoms with Gasteiger partial charge in [-0.05, 0) is 26.7 Å². The van der Waals surface area contributed by atoms with Crippen molar-refractivity contribution in [2.45, 2.75) is 38.9 Å². The Hall–Kier alpha value is -0.340. The lowest BCUT2D eigenvalue weighted by Crippen LogP contribution is -2.27. The highest BCUT2D eigenvalue weighted by molar-refractivity contribution is 4.93. The molecule has 0 aromatic rings. The molecule has 71 valence electrons. The lowest BCUT2D eigenvalue weighted by Gasteiger charge is -2.21. The second kappa shape index (κ2) is 6.21. The monoisotopic (exact) mass is 171 g/mol. The Bertz CT molecular complexity index is 130. The normalized spacial score (nSPS) is 19.4. The molecule has 0 heterocycles. The number of aliphatic hydroxyl groups excluding tert-OH is 2. The maximum atomic E-state index is 9.54. The molecule has 0 aliphatic carbocycles. The van der Waals surface area contributed by atoms with Crippen LogP contribution in [0.5, 0.6) is 0 Å². The quantitative estimate of drug-likeness (QED) is 0.616. The van der Waals surface area contributed by atoms with Crippen LogP contribution in [-0.4, -0.2) is 22.4 Å². The third-order valence-corrected chi connectivity index (χ3v) is 2.03. The third kappa shape index (κ3) is 3.88. The van der Waals surface area contributed by atoms with E-state index in [0.717, 1.165) is 6.42 Å². The predicted molar refractivity (Wildman–Crippen MR) is 50.6 cm³/mol. The highest BCUT2D eigenvalue weighted by Crippen LogP contribution is 2.14. The van der Waals surface area contributed by atoms with Crippen molar-refractivity contribution in [3.8, 4) is 0 Å². The Morgan fingerprint density at radius 1 is 1.42 bits per heavy atom. The van der Waals surface area contributed by atoms with Gasteiger partial charge in [-0.1, -0.05) is 19.1 Å². The number of rotatable bonds is 5. The molecule has 0 saturated carbocycles. The van der Waals surface area contributed by atoms with E-state index >= 15 is 0 Å². The van der Waals surface area contributed by atoms with Crippen molar-refractivity contribution in [1.82, 2.24) is 0 Å². The zero-order valence-corrected chi connectivity index (χ0v) is 7.90. The van der Waals surface area contributed by atoms with E-state index in [4.69, 9.17) is 0 Å². The van der Waals surface area contributed by atoms with Crippen molar-refractivity contribution >= 4 is 0 Å². The molecule has 2 nitrogen and oxygen atoms in total. The van der Waals surface area contributed by atoms with Crippen molar-refractivity contribution in [2.75, 3.05) is 0 Å². The molecule has 3 unspecified atom stereocenters. The van der Waals surface area contributed by atoms with Crippen LogP contribution in [0, 0.1) is 12.8 Å². The molecule has 12 heavy (non-hydrogen) atoms. The molecule has 1 radical (unpaired) electrons. The molecule has 0 amide bonds. The van der Waals surface area contributed by atoms with Gasteiger partial charge in [0.1, 0.15) is 0 Å². The van der Waals surface area contributed by atoms with Gasteiger partial charge in [-0.3, -0.25) is 0 Å². The molecule has 2 heteroatoms. The first-order valence-electron chi connectivity index (χ1n) is 4.45. The van der Waals surface area contributed by atoms with E-state index in [1.165, 1.54) is 0 Å². The number of hydrogen-bond donors (Lipinski definition) is 2. The van der Waals surface area contributed by atoms with Crippen LogP contribution in [0.4, 0.5) is 0 Å². The predicted octanol–water partition coefficient (Wildman–Crippen LogP) is 1.53. The van der Waals surface area contributed by atoms with E-state index in [1.807, 2.05) is 13.0 Å². The fourth-order valence-corrected chi connectivity index (χ4v) is 1.25. The SMILES string of the molecule is [CH2]CC=CC(O)C(CC)C(C)O. The van der Waals surface area contributed by atoms with Crippen LogP contribution in [0.1, 0.15) is 26.7 Å². The minimum absolute atomic E-state index is 0.0622. The van der Waals surface area contributed by atoms with Crippen LogP contribution in [0.25, 0.3) is 0 Å². The average Bonchev–Trinajstić information content (AvgIpc) is 2.01. The van der Waals surface area contributed by atoms with E-state index in [-0.39, 0.29) is 5.92 Å². The first-order valence-corrected chi connectivity index (χ1v) is 4.45. The molecule has 0 aliphatic heterocycles. The molecule has 0 aliphatic rings. The van der Waals surface area contributed by atoms with E-state index in [1.54, 1.807) is 13.0 Å². The maximum absolute atomic E-state index is 9.54. The minimum Gasteiger partial charge on any atom is -0.393 e. The molecule has 0 aromatic heterocycles. The molecule has 0 rings (SSSR count). The summed E-state index contributed by atoms with van der Waals surface area (Å²) in [6, 6.07) is 0. The van der Waals surface area contributed by atoms with E-state index < -0.39 is 12.2 Å². The summed E-state index contributed by atoms with van der Waals surface area (Å²) in [4.78, 5) is 0. The number of allylic oxidation sites excluding steroid dienone is 1. The van der Waals surface area contributed by atoms with Gasteiger partial charge in [-0.15, -0.1) is 0 Å². The summed E-state index contributed by atoms with van der Waals surface area (Å²) in [7, 11) is 0. The molecular formula is C10H19O2. The van der Waals surface area contributed by atoms with Crippen molar-refractivity contribution in [1.29, 1.82) is 0 Å². The molecule has 0 bridgehead atoms. The Kier molecular flexibility index (Phi) is 6.03. The lowest BCUT2D eigenvalue weighted by atomic mass is 9.94. The van der Waals surface area contributed by atoms with Crippen molar-refractivity contribution in [3.05, 3.63) is 19.1 Å². The first-order chi connectivity index (χ1) is 5.63. The molecule has 3 atom stereocenters. The Balaban J connectivity index is 4.02. The van der Waals surface area contributed by atoms with Gasteiger partial charge in [-0.25, -0.2) is 0 Å². The van der Waals surface area contributed by atoms with Crippen LogP contribution < -0.4 is 0 Å². The standard InChI is InChI=1S/C10H19O2/c1-4-6-7-10(12)9(5-2)8(3)11/h6-12H,1,4-5H2,2-3H3. The Morgan fingerprint density at radius 3 is 2.33 bits per heavy atom. The first kappa shape index (κ1) is 11.7. The number of aliphatic hydroxyl groups is 2. The molecule has 0 saturated heterocycles. The summed E-state index contributed by atoms with van der Waals surface area (Å²) < 4.78 is 0. The smallest absolute Gasteiger partial charge is 0.0773 e. The van der Waals surface area contributed by atoms with Gasteiger partial charge < -0.3 is 10.2 Å². The summed E-state index contributed by atoms with van der Waals surface area (Å²) in [5.74, 6) is -0.0622. The van der Waals surface area contributed by atoms with E-state index in [0.29, 0.717) is 6.42 Å². The van der Waals surface area contributed by atoms with E-state index in [2.05, 4.69) is 6.92 Å². The Morgan fingerprint density at radius 2 is 2.00 bits per heavy atom. The van der Waals surface area contributed by atoms with Crippen molar-refractivity contribution < 1.29 is 10.2 Å². The fourth-order valence-electron chi connectivity index (χ4n) is 1.25. The molecule has 0 aromatic carbocycles. The second-order valence-corrected chi connectivity index (χ2v) is 3.02. The van der Waals surface area contributed by atoms with Crippen LogP contribution in [0.15, 0.2) is 12.2 Å². The topological polar surface area (TPSA) is 40.5 Å². The minimum atomic E-state index is -0.545. The highest BCUT2D eigenvalue weighted by atomic mass is 16.3. The fraction of sp³-hybridized carbons (Fsp3) is 0.700. The van der Waals surface area contributed by atoms with Crippen LogP contribution in [-0.2, 0) is 0 Å². The van der Waals surface area contributed by atoms with Crippen LogP contribution >= 0.6 is 0 Å². The van der Waals surface area contributed by atoms with Gasteiger partial charge in [0.2, 0.25) is 0 Å². The summed E-state index contributed by atoms with van der Waals surface area (Å²) in [6.07, 6.45) is 3.97. The largest absolute Gasteiger partial charge is 0.393 e. The maximum Gasteiger partial charge on any atom is 0.0773 e. The summed E-state index contributed by atoms with van der Waals surface area (Å²) >= 11 is 0. The third-order valence-electron chi connectivity index (χ3n) is 2.03. The Labute approximate surface area is 74.9 Å². The highest BCUT2D eigenvalue weighted by Gasteiger charge is 2.19. The lowest BCUT2D eigenvalue weighted by molar-refractivity contribution is 0.0441. The van der Waals surface area contributed by atoms with E-state index in [9.17, 15) is 10.2 Å².